The van der Waals surface area contributed by atoms with Gasteiger partial charge >= 0.3 is 11.9 Å². The summed E-state index contributed by atoms with van der Waals surface area (Å²) >= 11 is 0. The zero-order valence-corrected chi connectivity index (χ0v) is 11.0. The molecule has 0 saturated heterocycles. The molecule has 4 nitrogen and oxygen atoms in total. The average Bonchev–Trinajstić information content (AvgIpc) is 2.45. The maximum Gasteiger partial charge on any atom is 0.335 e. The van der Waals surface area contributed by atoms with Crippen LogP contribution in [0.2, 0.25) is 0 Å². The molecule has 0 aliphatic rings. The maximum absolute atomic E-state index is 10.8. The molecule has 0 aromatic heterocycles. The molecule has 2 aromatic rings. The Labute approximate surface area is 116 Å². The molecular weight excluding hydrogens is 256 g/mol. The highest BCUT2D eigenvalue weighted by atomic mass is 16.5. The molecular formula is C16H14O4. The van der Waals surface area contributed by atoms with E-state index in [4.69, 9.17) is 9.84 Å². The molecule has 0 saturated carbocycles. The molecule has 2 rings (SSSR count). The Hall–Kier alpha value is -2.62. The number of hydrogen-bond acceptors (Lipinski definition) is 3. The first-order valence-electron chi connectivity index (χ1n) is 6.12. The first-order chi connectivity index (χ1) is 9.56. The van der Waals surface area contributed by atoms with Gasteiger partial charge in [0, 0.05) is 6.92 Å². The van der Waals surface area contributed by atoms with Crippen LogP contribution in [0.25, 0.3) is 11.1 Å². The summed E-state index contributed by atoms with van der Waals surface area (Å²) in [4.78, 5) is 21.6. The normalized spacial score (nSPS) is 10.1. The number of hydrogen-bond donors (Lipinski definition) is 1. The molecule has 0 aliphatic heterocycles. The Kier molecular flexibility index (Phi) is 4.15. The molecule has 102 valence electrons. The Balaban J connectivity index is 2.21. The van der Waals surface area contributed by atoms with Crippen LogP contribution in [0.15, 0.2) is 48.5 Å². The van der Waals surface area contributed by atoms with E-state index in [9.17, 15) is 9.59 Å². The van der Waals surface area contributed by atoms with Crippen LogP contribution in [-0.4, -0.2) is 17.0 Å². The Morgan fingerprint density at radius 3 is 2.35 bits per heavy atom. The molecule has 0 atom stereocenters. The van der Waals surface area contributed by atoms with Gasteiger partial charge in [0.1, 0.15) is 6.61 Å². The first-order valence-corrected chi connectivity index (χ1v) is 6.12. The van der Waals surface area contributed by atoms with Crippen molar-refractivity contribution >= 4 is 11.9 Å². The minimum absolute atomic E-state index is 0.233. The van der Waals surface area contributed by atoms with E-state index in [1.807, 2.05) is 24.3 Å². The molecule has 0 unspecified atom stereocenters. The van der Waals surface area contributed by atoms with Crippen molar-refractivity contribution in [3.63, 3.8) is 0 Å². The van der Waals surface area contributed by atoms with E-state index >= 15 is 0 Å². The number of rotatable bonds is 4. The average molecular weight is 270 g/mol. The summed E-state index contributed by atoms with van der Waals surface area (Å²) in [5.41, 5.74) is 3.01. The van der Waals surface area contributed by atoms with Crippen LogP contribution in [0.3, 0.4) is 0 Å². The van der Waals surface area contributed by atoms with Crippen molar-refractivity contribution in [1.29, 1.82) is 0 Å². The van der Waals surface area contributed by atoms with Crippen LogP contribution in [0.1, 0.15) is 22.8 Å². The van der Waals surface area contributed by atoms with Gasteiger partial charge in [-0.3, -0.25) is 4.79 Å². The number of carbonyl (C=O) groups excluding carboxylic acids is 1. The second-order valence-electron chi connectivity index (χ2n) is 4.36. The van der Waals surface area contributed by atoms with Gasteiger partial charge in [-0.2, -0.15) is 0 Å². The zero-order valence-electron chi connectivity index (χ0n) is 11.0. The smallest absolute Gasteiger partial charge is 0.335 e. The molecule has 0 amide bonds. The lowest BCUT2D eigenvalue weighted by Gasteiger charge is -2.06. The summed E-state index contributed by atoms with van der Waals surface area (Å²) in [6, 6.07) is 14.2. The number of carboxylic acids is 1. The minimum atomic E-state index is -0.944. The number of ether oxygens (including phenoxy) is 1. The predicted octanol–water partition coefficient (Wildman–Crippen LogP) is 3.11. The zero-order chi connectivity index (χ0) is 14.5. The molecule has 0 heterocycles. The van der Waals surface area contributed by atoms with Crippen molar-refractivity contribution in [3.05, 3.63) is 59.7 Å². The Morgan fingerprint density at radius 1 is 1.05 bits per heavy atom. The monoisotopic (exact) mass is 270 g/mol. The van der Waals surface area contributed by atoms with Gasteiger partial charge in [-0.1, -0.05) is 30.3 Å². The molecule has 0 bridgehead atoms. The summed E-state index contributed by atoms with van der Waals surface area (Å²) in [7, 11) is 0. The number of carbonyl (C=O) groups is 2. The van der Waals surface area contributed by atoms with Gasteiger partial charge in [-0.15, -0.1) is 0 Å². The first kappa shape index (κ1) is 13.8. The summed E-state index contributed by atoms with van der Waals surface area (Å²) in [6.45, 7) is 1.60. The Bertz CT molecular complexity index is 629. The highest BCUT2D eigenvalue weighted by Gasteiger charge is 2.04. The lowest BCUT2D eigenvalue weighted by molar-refractivity contribution is -0.142. The number of aromatic carboxylic acids is 1. The highest BCUT2D eigenvalue weighted by Crippen LogP contribution is 2.21. The number of esters is 1. The summed E-state index contributed by atoms with van der Waals surface area (Å²) in [5, 5.41) is 8.86. The maximum atomic E-state index is 10.8. The fourth-order valence-electron chi connectivity index (χ4n) is 1.83. The predicted molar refractivity (Wildman–Crippen MR) is 74.3 cm³/mol. The third-order valence-corrected chi connectivity index (χ3v) is 2.83. The van der Waals surface area contributed by atoms with Crippen LogP contribution in [-0.2, 0) is 16.1 Å². The topological polar surface area (TPSA) is 63.6 Å². The van der Waals surface area contributed by atoms with Gasteiger partial charge in [0.2, 0.25) is 0 Å². The molecule has 0 aliphatic carbocycles. The van der Waals surface area contributed by atoms with Gasteiger partial charge in [0.05, 0.1) is 5.56 Å². The van der Waals surface area contributed by atoms with Crippen molar-refractivity contribution < 1.29 is 19.4 Å². The summed E-state index contributed by atoms with van der Waals surface area (Å²) in [5.74, 6) is -1.26. The molecule has 0 fully saturated rings. The van der Waals surface area contributed by atoms with Gasteiger partial charge in [0.25, 0.3) is 0 Å². The van der Waals surface area contributed by atoms with Gasteiger partial charge < -0.3 is 9.84 Å². The van der Waals surface area contributed by atoms with Crippen LogP contribution in [0, 0.1) is 0 Å². The summed E-state index contributed by atoms with van der Waals surface area (Å²) < 4.78 is 4.95. The molecule has 2 aromatic carbocycles. The van der Waals surface area contributed by atoms with E-state index < -0.39 is 5.97 Å². The van der Waals surface area contributed by atoms with Crippen LogP contribution in [0.5, 0.6) is 0 Å². The van der Waals surface area contributed by atoms with Crippen molar-refractivity contribution in [2.24, 2.45) is 0 Å². The molecule has 1 N–H and O–H groups in total. The van der Waals surface area contributed by atoms with E-state index in [1.54, 1.807) is 24.3 Å². The van der Waals surface area contributed by atoms with E-state index in [0.717, 1.165) is 16.7 Å². The largest absolute Gasteiger partial charge is 0.478 e. The van der Waals surface area contributed by atoms with Crippen molar-refractivity contribution in [2.45, 2.75) is 13.5 Å². The SMILES string of the molecule is CC(=O)OCc1cccc(-c2ccc(C(=O)O)cc2)c1. The quantitative estimate of drug-likeness (QED) is 0.867. The second kappa shape index (κ2) is 6.02. The van der Waals surface area contributed by atoms with Crippen molar-refractivity contribution in [2.75, 3.05) is 0 Å². The highest BCUT2D eigenvalue weighted by molar-refractivity contribution is 5.88. The van der Waals surface area contributed by atoms with Crippen LogP contribution in [0.4, 0.5) is 0 Å². The number of carboxylic acid groups (broad SMARTS) is 1. The van der Waals surface area contributed by atoms with Crippen molar-refractivity contribution in [3.8, 4) is 11.1 Å². The third kappa shape index (κ3) is 3.45. The van der Waals surface area contributed by atoms with E-state index in [-0.39, 0.29) is 18.1 Å². The lowest BCUT2D eigenvalue weighted by atomic mass is 10.0. The van der Waals surface area contributed by atoms with Crippen LogP contribution >= 0.6 is 0 Å². The molecule has 20 heavy (non-hydrogen) atoms. The Morgan fingerprint density at radius 2 is 1.75 bits per heavy atom. The number of benzene rings is 2. The van der Waals surface area contributed by atoms with Gasteiger partial charge in [-0.25, -0.2) is 4.79 Å². The van der Waals surface area contributed by atoms with E-state index in [0.29, 0.717) is 0 Å². The van der Waals surface area contributed by atoms with E-state index in [2.05, 4.69) is 0 Å². The van der Waals surface area contributed by atoms with Gasteiger partial charge in [-0.05, 0) is 34.9 Å². The van der Waals surface area contributed by atoms with Crippen LogP contribution < -0.4 is 0 Å². The summed E-state index contributed by atoms with van der Waals surface area (Å²) in [6.07, 6.45) is 0. The molecule has 4 heteroatoms. The standard InChI is InChI=1S/C16H14O4/c1-11(17)20-10-12-3-2-4-15(9-12)13-5-7-14(8-6-13)16(18)19/h2-9H,10H2,1H3,(H,18,19). The fourth-order valence-corrected chi connectivity index (χ4v) is 1.83. The second-order valence-corrected chi connectivity index (χ2v) is 4.36. The van der Waals surface area contributed by atoms with E-state index in [1.165, 1.54) is 6.92 Å². The fraction of sp³-hybridized carbons (Fsp3) is 0.125. The molecule has 0 radical (unpaired) electrons. The third-order valence-electron chi connectivity index (χ3n) is 2.83. The van der Waals surface area contributed by atoms with Crippen molar-refractivity contribution in [1.82, 2.24) is 0 Å². The molecule has 0 spiro atoms. The van der Waals surface area contributed by atoms with Gasteiger partial charge in [0.15, 0.2) is 0 Å². The minimum Gasteiger partial charge on any atom is -0.478 e. The lowest BCUT2D eigenvalue weighted by Crippen LogP contribution is -1.98.